The van der Waals surface area contributed by atoms with Crippen LogP contribution in [-0.4, -0.2) is 24.1 Å². The lowest BCUT2D eigenvalue weighted by atomic mass is 10.0. The molecule has 0 heterocycles. The van der Waals surface area contributed by atoms with Crippen LogP contribution >= 0.6 is 0 Å². The molecule has 0 atom stereocenters. The van der Waals surface area contributed by atoms with Gasteiger partial charge in [0.1, 0.15) is 5.75 Å². The van der Waals surface area contributed by atoms with Gasteiger partial charge in [0, 0.05) is 23.9 Å². The van der Waals surface area contributed by atoms with E-state index in [4.69, 9.17) is 4.74 Å². The predicted octanol–water partition coefficient (Wildman–Crippen LogP) is 4.83. The van der Waals surface area contributed by atoms with Gasteiger partial charge in [-0.1, -0.05) is 48.5 Å². The van der Waals surface area contributed by atoms with Gasteiger partial charge >= 0.3 is 6.09 Å². The molecule has 0 aliphatic rings. The second-order valence-corrected chi connectivity index (χ2v) is 5.19. The van der Waals surface area contributed by atoms with E-state index in [2.05, 4.69) is 6.07 Å². The van der Waals surface area contributed by atoms with E-state index in [9.17, 15) is 4.79 Å². The van der Waals surface area contributed by atoms with Gasteiger partial charge in [-0.3, -0.25) is 0 Å². The molecule has 3 heteroatoms. The molecule has 0 unspecified atom stereocenters. The van der Waals surface area contributed by atoms with Crippen molar-refractivity contribution in [3.8, 4) is 5.75 Å². The third kappa shape index (κ3) is 2.50. The Balaban J connectivity index is 2.18. The highest BCUT2D eigenvalue weighted by Gasteiger charge is 2.16. The van der Waals surface area contributed by atoms with Gasteiger partial charge in [0.25, 0.3) is 0 Å². The molecule has 0 aliphatic carbocycles. The number of ether oxygens (including phenoxy) is 1. The number of amides is 1. The minimum absolute atomic E-state index is 0.300. The van der Waals surface area contributed by atoms with Crippen molar-refractivity contribution in [3.63, 3.8) is 0 Å². The van der Waals surface area contributed by atoms with Crippen molar-refractivity contribution in [2.45, 2.75) is 13.8 Å². The first-order valence-corrected chi connectivity index (χ1v) is 7.61. The second kappa shape index (κ2) is 6.06. The van der Waals surface area contributed by atoms with Crippen molar-refractivity contribution in [3.05, 3.63) is 54.6 Å². The first-order valence-electron chi connectivity index (χ1n) is 7.61. The molecule has 112 valence electrons. The first-order chi connectivity index (χ1) is 10.7. The fraction of sp³-hybridized carbons (Fsp3) is 0.211. The van der Waals surface area contributed by atoms with Crippen molar-refractivity contribution in [1.82, 2.24) is 4.90 Å². The molecule has 22 heavy (non-hydrogen) atoms. The van der Waals surface area contributed by atoms with Crippen LogP contribution in [0.1, 0.15) is 13.8 Å². The Morgan fingerprint density at radius 2 is 1.41 bits per heavy atom. The normalized spacial score (nSPS) is 10.8. The third-order valence-electron chi connectivity index (χ3n) is 3.93. The molecular weight excluding hydrogens is 274 g/mol. The van der Waals surface area contributed by atoms with E-state index in [1.54, 1.807) is 4.90 Å². The smallest absolute Gasteiger partial charge is 0.409 e. The highest BCUT2D eigenvalue weighted by atomic mass is 16.6. The number of carbonyl (C=O) groups is 1. The number of carbonyl (C=O) groups excluding carboxylic acids is 1. The first kappa shape index (κ1) is 14.4. The molecule has 0 bridgehead atoms. The molecule has 3 aromatic rings. The largest absolute Gasteiger partial charge is 0.415 e. The number of fused-ring (bicyclic) bond motifs is 2. The van der Waals surface area contributed by atoms with Crippen LogP contribution < -0.4 is 4.74 Å². The van der Waals surface area contributed by atoms with Crippen LogP contribution in [0.2, 0.25) is 0 Å². The number of hydrogen-bond donors (Lipinski definition) is 0. The van der Waals surface area contributed by atoms with Crippen molar-refractivity contribution in [2.24, 2.45) is 0 Å². The monoisotopic (exact) mass is 293 g/mol. The lowest BCUT2D eigenvalue weighted by Crippen LogP contribution is -2.33. The summed E-state index contributed by atoms with van der Waals surface area (Å²) in [4.78, 5) is 14.0. The van der Waals surface area contributed by atoms with Crippen LogP contribution in [0.15, 0.2) is 54.6 Å². The van der Waals surface area contributed by atoms with Gasteiger partial charge in [0.05, 0.1) is 0 Å². The summed E-state index contributed by atoms with van der Waals surface area (Å²) in [7, 11) is 0. The fourth-order valence-corrected chi connectivity index (χ4v) is 2.72. The number of benzene rings is 3. The zero-order chi connectivity index (χ0) is 15.5. The predicted molar refractivity (Wildman–Crippen MR) is 90.4 cm³/mol. The summed E-state index contributed by atoms with van der Waals surface area (Å²) in [6, 6.07) is 18.1. The lowest BCUT2D eigenvalue weighted by Gasteiger charge is -2.19. The van der Waals surface area contributed by atoms with E-state index < -0.39 is 0 Å². The number of hydrogen-bond acceptors (Lipinski definition) is 2. The standard InChI is InChI=1S/C19H19NO2/c1-3-20(4-2)19(21)22-18-16-11-7-5-9-14(16)13-15-10-6-8-12-17(15)18/h5-13H,3-4H2,1-2H3. The van der Waals surface area contributed by atoms with Gasteiger partial charge in [-0.05, 0) is 30.7 Å². The molecule has 0 aromatic heterocycles. The zero-order valence-electron chi connectivity index (χ0n) is 12.9. The maximum Gasteiger partial charge on any atom is 0.415 e. The molecule has 0 N–H and O–H groups in total. The maximum atomic E-state index is 12.4. The van der Waals surface area contributed by atoms with Crippen LogP contribution in [0.25, 0.3) is 21.5 Å². The molecule has 0 spiro atoms. The van der Waals surface area contributed by atoms with Gasteiger partial charge in [-0.25, -0.2) is 4.79 Å². The van der Waals surface area contributed by atoms with Crippen molar-refractivity contribution >= 4 is 27.6 Å². The summed E-state index contributed by atoms with van der Waals surface area (Å²) in [6.45, 7) is 5.17. The zero-order valence-corrected chi connectivity index (χ0v) is 12.9. The Kier molecular flexibility index (Phi) is 3.96. The van der Waals surface area contributed by atoms with Crippen molar-refractivity contribution in [1.29, 1.82) is 0 Å². The van der Waals surface area contributed by atoms with E-state index in [1.807, 2.05) is 62.4 Å². The fourth-order valence-electron chi connectivity index (χ4n) is 2.72. The molecule has 0 radical (unpaired) electrons. The maximum absolute atomic E-state index is 12.4. The molecule has 0 saturated heterocycles. The molecule has 3 nitrogen and oxygen atoms in total. The molecule has 3 rings (SSSR count). The van der Waals surface area contributed by atoms with Crippen LogP contribution in [0.5, 0.6) is 5.75 Å². The van der Waals surface area contributed by atoms with Crippen molar-refractivity contribution in [2.75, 3.05) is 13.1 Å². The molecule has 3 aromatic carbocycles. The Morgan fingerprint density at radius 1 is 0.909 bits per heavy atom. The molecule has 1 amide bonds. The Hall–Kier alpha value is -2.55. The SMILES string of the molecule is CCN(CC)C(=O)Oc1c2ccccc2cc2ccccc12. The summed E-state index contributed by atoms with van der Waals surface area (Å²) in [6.07, 6.45) is -0.300. The minimum atomic E-state index is -0.300. The Labute approximate surface area is 130 Å². The average molecular weight is 293 g/mol. The van der Waals surface area contributed by atoms with Crippen LogP contribution in [0, 0.1) is 0 Å². The van der Waals surface area contributed by atoms with E-state index >= 15 is 0 Å². The van der Waals surface area contributed by atoms with E-state index in [-0.39, 0.29) is 6.09 Å². The molecule has 0 saturated carbocycles. The van der Waals surface area contributed by atoms with E-state index in [0.29, 0.717) is 18.8 Å². The topological polar surface area (TPSA) is 29.5 Å². The Morgan fingerprint density at radius 3 is 1.91 bits per heavy atom. The summed E-state index contributed by atoms with van der Waals surface area (Å²) in [5.41, 5.74) is 0. The van der Waals surface area contributed by atoms with Gasteiger partial charge < -0.3 is 9.64 Å². The highest BCUT2D eigenvalue weighted by Crippen LogP contribution is 2.35. The lowest BCUT2D eigenvalue weighted by molar-refractivity contribution is 0.158. The summed E-state index contributed by atoms with van der Waals surface area (Å²) in [5, 5.41) is 4.07. The van der Waals surface area contributed by atoms with Gasteiger partial charge in [0.15, 0.2) is 0 Å². The summed E-state index contributed by atoms with van der Waals surface area (Å²) < 4.78 is 5.77. The van der Waals surface area contributed by atoms with Gasteiger partial charge in [-0.15, -0.1) is 0 Å². The third-order valence-corrected chi connectivity index (χ3v) is 3.93. The second-order valence-electron chi connectivity index (χ2n) is 5.19. The molecule has 0 aliphatic heterocycles. The quantitative estimate of drug-likeness (QED) is 0.647. The van der Waals surface area contributed by atoms with Crippen LogP contribution in [0.4, 0.5) is 4.79 Å². The molecule has 0 fully saturated rings. The Bertz CT molecular complexity index is 768. The highest BCUT2D eigenvalue weighted by molar-refractivity contribution is 6.06. The van der Waals surface area contributed by atoms with Crippen LogP contribution in [0.3, 0.4) is 0 Å². The average Bonchev–Trinajstić information content (AvgIpc) is 2.55. The number of rotatable bonds is 3. The number of nitrogens with zero attached hydrogens (tertiary/aromatic N) is 1. The van der Waals surface area contributed by atoms with E-state index in [1.165, 1.54) is 0 Å². The van der Waals surface area contributed by atoms with E-state index in [0.717, 1.165) is 21.5 Å². The van der Waals surface area contributed by atoms with Gasteiger partial charge in [-0.2, -0.15) is 0 Å². The van der Waals surface area contributed by atoms with Gasteiger partial charge in [0.2, 0.25) is 0 Å². The van der Waals surface area contributed by atoms with Crippen molar-refractivity contribution < 1.29 is 9.53 Å². The van der Waals surface area contributed by atoms with Crippen LogP contribution in [-0.2, 0) is 0 Å². The molecular formula is C19H19NO2. The summed E-state index contributed by atoms with van der Waals surface area (Å²) in [5.74, 6) is 0.644. The summed E-state index contributed by atoms with van der Waals surface area (Å²) >= 11 is 0. The minimum Gasteiger partial charge on any atom is -0.409 e.